The van der Waals surface area contributed by atoms with Crippen LogP contribution < -0.4 is 0 Å². The zero-order chi connectivity index (χ0) is 19.3. The number of benzene rings is 1. The standard InChI is InChI=1S/C18H11FN6O/c1-18(2)12(16(23-4)17(26-18)15(10-20)22-3)7-5-11-6-8-14(24-25-21)13(19)9-11/h5-9H,1-2H3. The van der Waals surface area contributed by atoms with Crippen molar-refractivity contribution in [1.82, 2.24) is 0 Å². The maximum absolute atomic E-state index is 13.8. The van der Waals surface area contributed by atoms with Gasteiger partial charge in [0.25, 0.3) is 5.70 Å². The van der Waals surface area contributed by atoms with Crippen molar-refractivity contribution in [2.75, 3.05) is 0 Å². The van der Waals surface area contributed by atoms with Gasteiger partial charge in [-0.25, -0.2) is 19.3 Å². The Bertz CT molecular complexity index is 1020. The first-order valence-electron chi connectivity index (χ1n) is 7.24. The normalized spacial score (nSPS) is 16.9. The number of hydrogen-bond donors (Lipinski definition) is 0. The van der Waals surface area contributed by atoms with Crippen LogP contribution in [0.4, 0.5) is 10.1 Å². The van der Waals surface area contributed by atoms with Crippen LogP contribution in [0.2, 0.25) is 0 Å². The average molecular weight is 346 g/mol. The third-order valence-corrected chi connectivity index (χ3v) is 3.59. The van der Waals surface area contributed by atoms with Crippen LogP contribution in [-0.4, -0.2) is 5.60 Å². The Morgan fingerprint density at radius 1 is 1.38 bits per heavy atom. The van der Waals surface area contributed by atoms with Crippen LogP contribution in [0, 0.1) is 30.3 Å². The topological polar surface area (TPSA) is 90.5 Å². The Kier molecular flexibility index (Phi) is 5.09. The van der Waals surface area contributed by atoms with Crippen LogP contribution in [0.25, 0.3) is 26.2 Å². The molecule has 0 aromatic heterocycles. The summed E-state index contributed by atoms with van der Waals surface area (Å²) in [5, 5.41) is 12.3. The third-order valence-electron chi connectivity index (χ3n) is 3.59. The van der Waals surface area contributed by atoms with Crippen molar-refractivity contribution in [2.45, 2.75) is 19.4 Å². The summed E-state index contributed by atoms with van der Waals surface area (Å²) in [6.45, 7) is 17.8. The minimum Gasteiger partial charge on any atom is -0.505 e. The van der Waals surface area contributed by atoms with Crippen molar-refractivity contribution >= 4 is 11.8 Å². The van der Waals surface area contributed by atoms with E-state index in [1.807, 2.05) is 0 Å². The number of nitrogens with zero attached hydrogens (tertiary/aromatic N) is 6. The second-order valence-corrected chi connectivity index (χ2v) is 5.62. The fourth-order valence-electron chi connectivity index (χ4n) is 2.38. The van der Waals surface area contributed by atoms with Gasteiger partial charge in [0, 0.05) is 10.5 Å². The molecule has 0 saturated carbocycles. The number of hydrogen-bond acceptors (Lipinski definition) is 3. The van der Waals surface area contributed by atoms with E-state index in [0.29, 0.717) is 11.1 Å². The van der Waals surface area contributed by atoms with Gasteiger partial charge in [-0.05, 0) is 37.1 Å². The summed E-state index contributed by atoms with van der Waals surface area (Å²) in [6, 6.07) is 5.81. The number of ether oxygens (including phenoxy) is 1. The molecule has 1 aliphatic rings. The Hall–Kier alpha value is -4.05. The van der Waals surface area contributed by atoms with Gasteiger partial charge in [0.15, 0.2) is 0 Å². The fraction of sp³-hybridized carbons (Fsp3) is 0.167. The van der Waals surface area contributed by atoms with E-state index in [4.69, 9.17) is 28.7 Å². The summed E-state index contributed by atoms with van der Waals surface area (Å²) in [6.07, 6.45) is 3.16. The molecule has 0 spiro atoms. The molecule has 0 fully saturated rings. The van der Waals surface area contributed by atoms with Gasteiger partial charge >= 0.3 is 0 Å². The SMILES string of the molecule is [C-]#[N+]C(C#N)=C1OC(C)(C)C(C=Cc2ccc(N=[N+]=[N-])c(F)c2)=C1[N+]#[C-]. The van der Waals surface area contributed by atoms with Crippen LogP contribution in [0.15, 0.2) is 52.1 Å². The zero-order valence-corrected chi connectivity index (χ0v) is 13.9. The molecule has 8 heteroatoms. The number of rotatable bonds is 3. The molecule has 7 nitrogen and oxygen atoms in total. The third kappa shape index (κ3) is 3.39. The predicted octanol–water partition coefficient (Wildman–Crippen LogP) is 5.42. The van der Waals surface area contributed by atoms with Crippen LogP contribution in [0.1, 0.15) is 19.4 Å². The monoisotopic (exact) mass is 346 g/mol. The van der Waals surface area contributed by atoms with Gasteiger partial charge in [0.2, 0.25) is 5.70 Å². The van der Waals surface area contributed by atoms with Gasteiger partial charge in [-0.15, -0.1) is 0 Å². The van der Waals surface area contributed by atoms with Crippen molar-refractivity contribution in [3.05, 3.63) is 91.7 Å². The molecular formula is C18H11FN6O. The lowest BCUT2D eigenvalue weighted by Gasteiger charge is -2.22. The molecule has 0 saturated heterocycles. The van der Waals surface area contributed by atoms with Crippen LogP contribution in [0.3, 0.4) is 0 Å². The maximum Gasteiger partial charge on any atom is 0.292 e. The number of halogens is 1. The first kappa shape index (κ1) is 18.3. The lowest BCUT2D eigenvalue weighted by molar-refractivity contribution is 0.0952. The second kappa shape index (κ2) is 7.23. The number of nitriles is 1. The highest BCUT2D eigenvalue weighted by Crippen LogP contribution is 2.41. The molecule has 0 aliphatic carbocycles. The lowest BCUT2D eigenvalue weighted by atomic mass is 9.96. The smallest absolute Gasteiger partial charge is 0.292 e. The summed E-state index contributed by atoms with van der Waals surface area (Å²) in [7, 11) is 0. The Balaban J connectivity index is 2.53. The molecule has 1 heterocycles. The van der Waals surface area contributed by atoms with Crippen molar-refractivity contribution in [3.63, 3.8) is 0 Å². The molecule has 0 atom stereocenters. The largest absolute Gasteiger partial charge is 0.505 e. The molecule has 1 aromatic carbocycles. The highest BCUT2D eigenvalue weighted by molar-refractivity contribution is 5.62. The quantitative estimate of drug-likeness (QED) is 0.240. The molecular weight excluding hydrogens is 335 g/mol. The van der Waals surface area contributed by atoms with Gasteiger partial charge in [0.1, 0.15) is 17.2 Å². The van der Waals surface area contributed by atoms with Crippen molar-refractivity contribution in [3.8, 4) is 6.07 Å². The number of azide groups is 1. The van der Waals surface area contributed by atoms with Gasteiger partial charge in [-0.2, -0.15) is 0 Å². The molecule has 0 unspecified atom stereocenters. The summed E-state index contributed by atoms with van der Waals surface area (Å²) >= 11 is 0. The Labute approximate surface area is 149 Å². The number of allylic oxidation sites excluding steroid dienone is 1. The molecule has 2 rings (SSSR count). The highest BCUT2D eigenvalue weighted by Gasteiger charge is 2.38. The molecule has 1 aliphatic heterocycles. The van der Waals surface area contributed by atoms with Gasteiger partial charge in [0.05, 0.1) is 24.9 Å². The average Bonchev–Trinajstić information content (AvgIpc) is 2.86. The van der Waals surface area contributed by atoms with E-state index in [-0.39, 0.29) is 22.8 Å². The fourth-order valence-corrected chi connectivity index (χ4v) is 2.38. The Morgan fingerprint density at radius 2 is 2.12 bits per heavy atom. The van der Waals surface area contributed by atoms with E-state index in [0.717, 1.165) is 0 Å². The van der Waals surface area contributed by atoms with E-state index in [1.54, 1.807) is 38.1 Å². The van der Waals surface area contributed by atoms with E-state index in [9.17, 15) is 4.39 Å². The molecule has 0 bridgehead atoms. The van der Waals surface area contributed by atoms with E-state index >= 15 is 0 Å². The molecule has 1 aromatic rings. The predicted molar refractivity (Wildman–Crippen MR) is 92.3 cm³/mol. The summed E-state index contributed by atoms with van der Waals surface area (Å²) < 4.78 is 19.5. The highest BCUT2D eigenvalue weighted by atomic mass is 19.1. The lowest BCUT2D eigenvalue weighted by Crippen LogP contribution is -2.20. The van der Waals surface area contributed by atoms with E-state index in [1.165, 1.54) is 12.1 Å². The molecule has 0 radical (unpaired) electrons. The van der Waals surface area contributed by atoms with Crippen molar-refractivity contribution < 1.29 is 9.13 Å². The minimum absolute atomic E-state index is 0.0490. The first-order chi connectivity index (χ1) is 12.4. The molecule has 0 N–H and O–H groups in total. The maximum atomic E-state index is 13.8. The summed E-state index contributed by atoms with van der Waals surface area (Å²) in [5.74, 6) is -0.723. The molecule has 0 amide bonds. The van der Waals surface area contributed by atoms with Crippen molar-refractivity contribution in [2.24, 2.45) is 5.11 Å². The van der Waals surface area contributed by atoms with Crippen LogP contribution in [0.5, 0.6) is 0 Å². The van der Waals surface area contributed by atoms with E-state index in [2.05, 4.69) is 19.7 Å². The second-order valence-electron chi connectivity index (χ2n) is 5.62. The molecule has 126 valence electrons. The van der Waals surface area contributed by atoms with Gasteiger partial charge < -0.3 is 4.74 Å². The molecule has 26 heavy (non-hydrogen) atoms. The summed E-state index contributed by atoms with van der Waals surface area (Å²) in [5.41, 5.74) is 8.05. The van der Waals surface area contributed by atoms with Crippen LogP contribution in [-0.2, 0) is 4.74 Å². The minimum atomic E-state index is -0.928. The zero-order valence-electron chi connectivity index (χ0n) is 13.9. The van der Waals surface area contributed by atoms with Crippen LogP contribution >= 0.6 is 0 Å². The summed E-state index contributed by atoms with van der Waals surface area (Å²) in [4.78, 5) is 9.04. The van der Waals surface area contributed by atoms with Gasteiger partial charge in [-0.3, -0.25) is 0 Å². The first-order valence-corrected chi connectivity index (χ1v) is 7.24. The Morgan fingerprint density at radius 3 is 2.65 bits per heavy atom. The van der Waals surface area contributed by atoms with Crippen molar-refractivity contribution in [1.29, 1.82) is 5.26 Å². The van der Waals surface area contributed by atoms with E-state index < -0.39 is 11.4 Å². The van der Waals surface area contributed by atoms with Gasteiger partial charge in [-0.1, -0.05) is 23.3 Å².